The largest absolute Gasteiger partial charge is 0.374 e. The second-order valence-corrected chi connectivity index (χ2v) is 4.16. The van der Waals surface area contributed by atoms with Crippen LogP contribution in [0.3, 0.4) is 0 Å². The molecule has 0 radical (unpaired) electrons. The quantitative estimate of drug-likeness (QED) is 0.674. The van der Waals surface area contributed by atoms with E-state index in [0.29, 0.717) is 6.04 Å². The van der Waals surface area contributed by atoms with Crippen molar-refractivity contribution in [3.8, 4) is 0 Å². The second kappa shape index (κ2) is 6.20. The SMILES string of the molecule is C=C[C@@H](F)COC1CCC(C(C)N)NC1. The minimum atomic E-state index is -1.06. The molecule has 0 aromatic rings. The Kier molecular flexibility index (Phi) is 5.22. The van der Waals surface area contributed by atoms with Crippen molar-refractivity contribution >= 4 is 0 Å². The molecule has 0 aromatic heterocycles. The number of hydrogen-bond donors (Lipinski definition) is 2. The molecule has 0 spiro atoms. The van der Waals surface area contributed by atoms with Crippen molar-refractivity contribution in [3.05, 3.63) is 12.7 Å². The van der Waals surface area contributed by atoms with Crippen LogP contribution in [0.25, 0.3) is 0 Å². The summed E-state index contributed by atoms with van der Waals surface area (Å²) in [4.78, 5) is 0. The van der Waals surface area contributed by atoms with Crippen LogP contribution < -0.4 is 11.1 Å². The normalized spacial score (nSPS) is 30.9. The number of rotatable bonds is 5. The molecule has 1 aliphatic rings. The first kappa shape index (κ1) is 12.6. The number of nitrogens with two attached hydrogens (primary N) is 1. The zero-order valence-electron chi connectivity index (χ0n) is 9.29. The molecule has 1 aliphatic heterocycles. The molecule has 88 valence electrons. The summed E-state index contributed by atoms with van der Waals surface area (Å²) in [7, 11) is 0. The fraction of sp³-hybridized carbons (Fsp3) is 0.818. The molecule has 3 unspecified atom stereocenters. The van der Waals surface area contributed by atoms with Gasteiger partial charge in [0.25, 0.3) is 0 Å². The molecular weight excluding hydrogens is 195 g/mol. The first-order valence-corrected chi connectivity index (χ1v) is 5.50. The lowest BCUT2D eigenvalue weighted by Gasteiger charge is -2.32. The van der Waals surface area contributed by atoms with Crippen LogP contribution in [0.4, 0.5) is 4.39 Å². The van der Waals surface area contributed by atoms with Crippen molar-refractivity contribution in [2.24, 2.45) is 5.73 Å². The van der Waals surface area contributed by atoms with Gasteiger partial charge in [-0.3, -0.25) is 0 Å². The molecule has 0 saturated carbocycles. The van der Waals surface area contributed by atoms with Crippen LogP contribution in [0.5, 0.6) is 0 Å². The van der Waals surface area contributed by atoms with Gasteiger partial charge in [-0.2, -0.15) is 0 Å². The summed E-state index contributed by atoms with van der Waals surface area (Å²) in [5.74, 6) is 0. The van der Waals surface area contributed by atoms with Gasteiger partial charge in [0, 0.05) is 18.6 Å². The van der Waals surface area contributed by atoms with E-state index in [1.165, 1.54) is 6.08 Å². The molecule has 0 aliphatic carbocycles. The lowest BCUT2D eigenvalue weighted by molar-refractivity contribution is 0.00890. The van der Waals surface area contributed by atoms with Crippen LogP contribution in [-0.2, 0) is 4.74 Å². The van der Waals surface area contributed by atoms with Gasteiger partial charge in [0.15, 0.2) is 0 Å². The summed E-state index contributed by atoms with van der Waals surface area (Å²) in [6, 6.07) is 0.526. The van der Waals surface area contributed by atoms with Crippen molar-refractivity contribution in [3.63, 3.8) is 0 Å². The lowest BCUT2D eigenvalue weighted by atomic mass is 9.98. The summed E-state index contributed by atoms with van der Waals surface area (Å²) in [5.41, 5.74) is 5.78. The third-order valence-corrected chi connectivity index (χ3v) is 2.79. The van der Waals surface area contributed by atoms with Crippen LogP contribution in [0.15, 0.2) is 12.7 Å². The van der Waals surface area contributed by atoms with Gasteiger partial charge in [-0.25, -0.2) is 4.39 Å². The maximum atomic E-state index is 12.8. The number of nitrogens with one attached hydrogen (secondary N) is 1. The first-order chi connectivity index (χ1) is 7.13. The second-order valence-electron chi connectivity index (χ2n) is 4.16. The number of hydrogen-bond acceptors (Lipinski definition) is 3. The highest BCUT2D eigenvalue weighted by Gasteiger charge is 2.23. The molecule has 4 atom stereocenters. The average Bonchev–Trinajstić information content (AvgIpc) is 2.26. The third-order valence-electron chi connectivity index (χ3n) is 2.79. The predicted molar refractivity (Wildman–Crippen MR) is 59.5 cm³/mol. The van der Waals surface area contributed by atoms with E-state index in [1.54, 1.807) is 0 Å². The van der Waals surface area contributed by atoms with Gasteiger partial charge in [0.2, 0.25) is 0 Å². The van der Waals surface area contributed by atoms with Crippen molar-refractivity contribution in [2.45, 2.75) is 44.1 Å². The molecule has 3 nitrogen and oxygen atoms in total. The Morgan fingerprint density at radius 3 is 2.87 bits per heavy atom. The summed E-state index contributed by atoms with van der Waals surface area (Å²) in [6.07, 6.45) is 2.26. The Balaban J connectivity index is 2.17. The molecule has 3 N–H and O–H groups in total. The smallest absolute Gasteiger partial charge is 0.141 e. The molecule has 0 bridgehead atoms. The average molecular weight is 216 g/mol. The topological polar surface area (TPSA) is 47.3 Å². The van der Waals surface area contributed by atoms with Gasteiger partial charge in [0.05, 0.1) is 12.7 Å². The van der Waals surface area contributed by atoms with E-state index in [1.807, 2.05) is 6.92 Å². The van der Waals surface area contributed by atoms with Crippen molar-refractivity contribution in [1.29, 1.82) is 0 Å². The highest BCUT2D eigenvalue weighted by molar-refractivity contribution is 4.84. The molecule has 0 amide bonds. The Labute approximate surface area is 90.9 Å². The van der Waals surface area contributed by atoms with Gasteiger partial charge < -0.3 is 15.8 Å². The van der Waals surface area contributed by atoms with Gasteiger partial charge in [-0.05, 0) is 19.8 Å². The summed E-state index contributed by atoms with van der Waals surface area (Å²) < 4.78 is 18.2. The van der Waals surface area contributed by atoms with Gasteiger partial charge in [0.1, 0.15) is 6.17 Å². The summed E-state index contributed by atoms with van der Waals surface area (Å²) in [6.45, 7) is 6.24. The Bertz CT molecular complexity index is 191. The monoisotopic (exact) mass is 216 g/mol. The fourth-order valence-electron chi connectivity index (χ4n) is 1.74. The third kappa shape index (κ3) is 4.28. The number of halogens is 1. The molecule has 1 saturated heterocycles. The highest BCUT2D eigenvalue weighted by Crippen LogP contribution is 2.13. The molecule has 1 heterocycles. The van der Waals surface area contributed by atoms with E-state index >= 15 is 0 Å². The molecule has 15 heavy (non-hydrogen) atoms. The van der Waals surface area contributed by atoms with Crippen LogP contribution >= 0.6 is 0 Å². The minimum Gasteiger partial charge on any atom is -0.374 e. The van der Waals surface area contributed by atoms with Gasteiger partial charge in [-0.1, -0.05) is 6.08 Å². The minimum absolute atomic E-state index is 0.109. The molecule has 4 heteroatoms. The van der Waals surface area contributed by atoms with E-state index in [9.17, 15) is 4.39 Å². The predicted octanol–water partition coefficient (Wildman–Crippen LogP) is 0.995. The van der Waals surface area contributed by atoms with Crippen LogP contribution in [0, 0.1) is 0 Å². The lowest BCUT2D eigenvalue weighted by Crippen LogP contribution is -2.50. The van der Waals surface area contributed by atoms with Crippen LogP contribution in [-0.4, -0.2) is 37.5 Å². The molecule has 1 fully saturated rings. The zero-order valence-corrected chi connectivity index (χ0v) is 9.29. The van der Waals surface area contributed by atoms with E-state index < -0.39 is 6.17 Å². The molecule has 0 aromatic carbocycles. The molecule has 1 rings (SSSR count). The first-order valence-electron chi connectivity index (χ1n) is 5.50. The number of piperidine rings is 1. The van der Waals surface area contributed by atoms with E-state index in [-0.39, 0.29) is 18.8 Å². The van der Waals surface area contributed by atoms with E-state index in [2.05, 4.69) is 11.9 Å². The van der Waals surface area contributed by atoms with E-state index in [0.717, 1.165) is 19.4 Å². The maximum absolute atomic E-state index is 12.8. The van der Waals surface area contributed by atoms with E-state index in [4.69, 9.17) is 10.5 Å². The highest BCUT2D eigenvalue weighted by atomic mass is 19.1. The zero-order chi connectivity index (χ0) is 11.3. The van der Waals surface area contributed by atoms with Crippen molar-refractivity contribution in [1.82, 2.24) is 5.32 Å². The fourth-order valence-corrected chi connectivity index (χ4v) is 1.74. The number of alkyl halides is 1. The Morgan fingerprint density at radius 1 is 1.67 bits per heavy atom. The molecular formula is C11H21FN2O. The Morgan fingerprint density at radius 2 is 2.40 bits per heavy atom. The van der Waals surface area contributed by atoms with Crippen molar-refractivity contribution < 1.29 is 9.13 Å². The van der Waals surface area contributed by atoms with Crippen LogP contribution in [0.1, 0.15) is 19.8 Å². The van der Waals surface area contributed by atoms with Gasteiger partial charge in [-0.15, -0.1) is 6.58 Å². The standard InChI is InChI=1S/C11H21FN2O/c1-3-9(12)7-15-10-4-5-11(8(2)13)14-6-10/h3,8-11,14H,1,4-7,13H2,2H3/t8?,9-,10?,11?/m1/s1. The van der Waals surface area contributed by atoms with Gasteiger partial charge >= 0.3 is 0 Å². The van der Waals surface area contributed by atoms with Crippen LogP contribution in [0.2, 0.25) is 0 Å². The van der Waals surface area contributed by atoms with Crippen molar-refractivity contribution in [2.75, 3.05) is 13.2 Å². The number of ether oxygens (including phenoxy) is 1. The Hall–Kier alpha value is -0.450. The maximum Gasteiger partial charge on any atom is 0.141 e. The summed E-state index contributed by atoms with van der Waals surface area (Å²) >= 11 is 0. The summed E-state index contributed by atoms with van der Waals surface area (Å²) in [5, 5.41) is 3.31.